The molecule has 0 amide bonds. The third-order valence-electron chi connectivity index (χ3n) is 4.32. The van der Waals surface area contributed by atoms with E-state index < -0.39 is 5.82 Å². The summed E-state index contributed by atoms with van der Waals surface area (Å²) in [6.07, 6.45) is 3.69. The fourth-order valence-corrected chi connectivity index (χ4v) is 3.16. The average molecular weight is 339 g/mol. The fourth-order valence-electron chi connectivity index (χ4n) is 2.98. The molecule has 0 unspecified atom stereocenters. The Morgan fingerprint density at radius 1 is 1.48 bits per heavy atom. The van der Waals surface area contributed by atoms with Crippen molar-refractivity contribution in [2.45, 2.75) is 32.4 Å². The molecule has 3 rings (SSSR count). The lowest BCUT2D eigenvalue weighted by molar-refractivity contribution is 0.0594. The van der Waals surface area contributed by atoms with Gasteiger partial charge in [-0.1, -0.05) is 16.8 Å². The second-order valence-electron chi connectivity index (χ2n) is 6.13. The first-order chi connectivity index (χ1) is 11.0. The van der Waals surface area contributed by atoms with E-state index in [1.54, 1.807) is 10.7 Å². The van der Waals surface area contributed by atoms with Crippen LogP contribution in [0.5, 0.6) is 0 Å². The third-order valence-corrected chi connectivity index (χ3v) is 4.61. The summed E-state index contributed by atoms with van der Waals surface area (Å²) in [5, 5.41) is 18.1. The predicted molar refractivity (Wildman–Crippen MR) is 86.0 cm³/mol. The summed E-state index contributed by atoms with van der Waals surface area (Å²) < 4.78 is 14.8. The molecule has 7 heteroatoms. The molecular weight excluding hydrogens is 319 g/mol. The largest absolute Gasteiger partial charge is 0.393 e. The van der Waals surface area contributed by atoms with Gasteiger partial charge in [-0.3, -0.25) is 4.90 Å². The fraction of sp³-hybridized carbons (Fsp3) is 0.500. The Hall–Kier alpha value is -1.50. The second-order valence-corrected chi connectivity index (χ2v) is 6.54. The number of aliphatic hydroxyl groups excluding tert-OH is 1. The van der Waals surface area contributed by atoms with Gasteiger partial charge in [-0.25, -0.2) is 9.07 Å². The zero-order valence-corrected chi connectivity index (χ0v) is 13.7. The maximum absolute atomic E-state index is 13.2. The lowest BCUT2D eigenvalue weighted by Gasteiger charge is -2.33. The van der Waals surface area contributed by atoms with Crippen LogP contribution in [0.2, 0.25) is 5.02 Å². The standard InChI is InChI=1S/C16H20ClFN4O/c1-11(23)12-3-2-6-21(8-12)9-13-10-22(20-19-13)14-4-5-16(18)15(17)7-14/h4-5,7,10-12,23H,2-3,6,8-9H2,1H3/t11-,12-/m0/s1. The Labute approximate surface area is 139 Å². The first kappa shape index (κ1) is 16.4. The van der Waals surface area contributed by atoms with Crippen molar-refractivity contribution in [3.63, 3.8) is 0 Å². The summed E-state index contributed by atoms with van der Waals surface area (Å²) in [7, 11) is 0. The van der Waals surface area contributed by atoms with Gasteiger partial charge in [-0.2, -0.15) is 0 Å². The Kier molecular flexibility index (Phi) is 4.94. The van der Waals surface area contributed by atoms with Crippen LogP contribution in [0.1, 0.15) is 25.5 Å². The van der Waals surface area contributed by atoms with Gasteiger partial charge in [0.1, 0.15) is 5.82 Å². The van der Waals surface area contributed by atoms with E-state index in [9.17, 15) is 9.50 Å². The number of rotatable bonds is 4. The first-order valence-corrected chi connectivity index (χ1v) is 8.18. The highest BCUT2D eigenvalue weighted by Gasteiger charge is 2.24. The van der Waals surface area contributed by atoms with Crippen LogP contribution in [0.4, 0.5) is 4.39 Å². The molecule has 0 bridgehead atoms. The molecule has 2 heterocycles. The van der Waals surface area contributed by atoms with Crippen molar-refractivity contribution in [1.82, 2.24) is 19.9 Å². The summed E-state index contributed by atoms with van der Waals surface area (Å²) >= 11 is 5.80. The number of halogens is 2. The quantitative estimate of drug-likeness (QED) is 0.931. The zero-order chi connectivity index (χ0) is 16.4. The minimum absolute atomic E-state index is 0.0651. The Morgan fingerprint density at radius 3 is 3.04 bits per heavy atom. The second kappa shape index (κ2) is 6.95. The maximum Gasteiger partial charge on any atom is 0.141 e. The Bertz CT molecular complexity index is 676. The van der Waals surface area contributed by atoms with Crippen molar-refractivity contribution in [1.29, 1.82) is 0 Å². The molecule has 1 aromatic heterocycles. The highest BCUT2D eigenvalue weighted by molar-refractivity contribution is 6.30. The lowest BCUT2D eigenvalue weighted by atomic mass is 9.93. The number of hydrogen-bond donors (Lipinski definition) is 1. The molecule has 1 N–H and O–H groups in total. The first-order valence-electron chi connectivity index (χ1n) is 7.80. The van der Waals surface area contributed by atoms with E-state index in [1.807, 2.05) is 13.1 Å². The van der Waals surface area contributed by atoms with Crippen molar-refractivity contribution < 1.29 is 9.50 Å². The number of piperidine rings is 1. The molecule has 1 aliphatic heterocycles. The minimum Gasteiger partial charge on any atom is -0.393 e. The molecule has 0 radical (unpaired) electrons. The molecule has 23 heavy (non-hydrogen) atoms. The molecular formula is C16H20ClFN4O. The van der Waals surface area contributed by atoms with Crippen LogP contribution in [0.15, 0.2) is 24.4 Å². The summed E-state index contributed by atoms with van der Waals surface area (Å²) in [4.78, 5) is 2.28. The van der Waals surface area contributed by atoms with Crippen molar-refractivity contribution in [2.75, 3.05) is 13.1 Å². The number of benzene rings is 1. The van der Waals surface area contributed by atoms with Gasteiger partial charge in [0.2, 0.25) is 0 Å². The van der Waals surface area contributed by atoms with Gasteiger partial charge in [0, 0.05) is 13.1 Å². The number of likely N-dealkylation sites (tertiary alicyclic amines) is 1. The summed E-state index contributed by atoms with van der Waals surface area (Å²) in [5.41, 5.74) is 1.52. The van der Waals surface area contributed by atoms with Crippen molar-refractivity contribution in [2.24, 2.45) is 5.92 Å². The summed E-state index contributed by atoms with van der Waals surface area (Å²) in [6, 6.07) is 4.46. The van der Waals surface area contributed by atoms with Gasteiger partial charge in [0.25, 0.3) is 0 Å². The molecule has 0 spiro atoms. The Balaban J connectivity index is 1.68. The highest BCUT2D eigenvalue weighted by atomic mass is 35.5. The molecule has 0 aliphatic carbocycles. The van der Waals surface area contributed by atoms with Gasteiger partial charge in [0.15, 0.2) is 0 Å². The van der Waals surface area contributed by atoms with Gasteiger partial charge < -0.3 is 5.11 Å². The van der Waals surface area contributed by atoms with E-state index in [0.29, 0.717) is 18.2 Å². The van der Waals surface area contributed by atoms with Crippen molar-refractivity contribution in [3.8, 4) is 5.69 Å². The molecule has 1 fully saturated rings. The van der Waals surface area contributed by atoms with Crippen molar-refractivity contribution in [3.05, 3.63) is 40.9 Å². The monoisotopic (exact) mass is 338 g/mol. The zero-order valence-electron chi connectivity index (χ0n) is 13.0. The van der Waals surface area contributed by atoms with E-state index in [-0.39, 0.29) is 11.1 Å². The van der Waals surface area contributed by atoms with Crippen LogP contribution in [0.3, 0.4) is 0 Å². The van der Waals surface area contributed by atoms with E-state index in [1.165, 1.54) is 12.1 Å². The van der Waals surface area contributed by atoms with Crippen LogP contribution in [0.25, 0.3) is 5.69 Å². The molecule has 5 nitrogen and oxygen atoms in total. The summed E-state index contributed by atoms with van der Waals surface area (Å²) in [6.45, 7) is 4.41. The van der Waals surface area contributed by atoms with Gasteiger partial charge >= 0.3 is 0 Å². The molecule has 124 valence electrons. The number of nitrogens with zero attached hydrogens (tertiary/aromatic N) is 4. The molecule has 1 saturated heterocycles. The number of aliphatic hydroxyl groups is 1. The van der Waals surface area contributed by atoms with Crippen LogP contribution in [-0.4, -0.2) is 44.2 Å². The van der Waals surface area contributed by atoms with Gasteiger partial charge in [0.05, 0.1) is 28.7 Å². The highest BCUT2D eigenvalue weighted by Crippen LogP contribution is 2.22. The predicted octanol–water partition coefficient (Wildman–Crippen LogP) is 2.65. The van der Waals surface area contributed by atoms with E-state index in [0.717, 1.165) is 31.6 Å². The van der Waals surface area contributed by atoms with Crippen molar-refractivity contribution >= 4 is 11.6 Å². The maximum atomic E-state index is 13.2. The Morgan fingerprint density at radius 2 is 2.30 bits per heavy atom. The third kappa shape index (κ3) is 3.88. The van der Waals surface area contributed by atoms with E-state index >= 15 is 0 Å². The van der Waals surface area contributed by atoms with Crippen LogP contribution < -0.4 is 0 Å². The molecule has 0 saturated carbocycles. The lowest BCUT2D eigenvalue weighted by Crippen LogP contribution is -2.39. The number of aromatic nitrogens is 3. The number of hydrogen-bond acceptors (Lipinski definition) is 4. The molecule has 1 aromatic carbocycles. The van der Waals surface area contributed by atoms with E-state index in [2.05, 4.69) is 15.2 Å². The summed E-state index contributed by atoms with van der Waals surface area (Å²) in [5.74, 6) is -0.136. The molecule has 2 aromatic rings. The topological polar surface area (TPSA) is 54.2 Å². The smallest absolute Gasteiger partial charge is 0.141 e. The van der Waals surface area contributed by atoms with Crippen LogP contribution >= 0.6 is 11.6 Å². The van der Waals surface area contributed by atoms with Gasteiger partial charge in [-0.05, 0) is 50.4 Å². The minimum atomic E-state index is -0.451. The normalized spacial score (nSPS) is 20.6. The molecule has 2 atom stereocenters. The molecule has 1 aliphatic rings. The average Bonchev–Trinajstić information content (AvgIpc) is 2.99. The van der Waals surface area contributed by atoms with E-state index in [4.69, 9.17) is 11.6 Å². The van der Waals surface area contributed by atoms with Crippen LogP contribution in [-0.2, 0) is 6.54 Å². The SMILES string of the molecule is C[C@H](O)[C@H]1CCCN(Cc2cn(-c3ccc(F)c(Cl)c3)nn2)C1. The van der Waals surface area contributed by atoms with Crippen LogP contribution in [0, 0.1) is 11.7 Å². The van der Waals surface area contributed by atoms with Gasteiger partial charge in [-0.15, -0.1) is 5.10 Å².